The van der Waals surface area contributed by atoms with Crippen LogP contribution in [0.1, 0.15) is 51.4 Å². The van der Waals surface area contributed by atoms with Crippen LogP contribution in [0.5, 0.6) is 0 Å². The van der Waals surface area contributed by atoms with Gasteiger partial charge < -0.3 is 9.84 Å². The van der Waals surface area contributed by atoms with Crippen molar-refractivity contribution in [2.75, 3.05) is 0 Å². The van der Waals surface area contributed by atoms with Crippen molar-refractivity contribution in [3.05, 3.63) is 72.4 Å². The summed E-state index contributed by atoms with van der Waals surface area (Å²) < 4.78 is 5.64. The van der Waals surface area contributed by atoms with Crippen LogP contribution >= 0.6 is 0 Å². The van der Waals surface area contributed by atoms with Crippen LogP contribution in [-0.4, -0.2) is 22.6 Å². The largest absolute Gasteiger partial charge is 0.478 e. The zero-order valence-corrected chi connectivity index (χ0v) is 18.1. The summed E-state index contributed by atoms with van der Waals surface area (Å²) in [4.78, 5) is 22.4. The Labute approximate surface area is 184 Å². The summed E-state index contributed by atoms with van der Waals surface area (Å²) in [6.45, 7) is 7.19. The lowest BCUT2D eigenvalue weighted by molar-refractivity contribution is -0.181. The Bertz CT molecular complexity index is 830. The van der Waals surface area contributed by atoms with Gasteiger partial charge in [-0.15, -0.1) is 0 Å². The molecule has 6 aliphatic carbocycles. The summed E-state index contributed by atoms with van der Waals surface area (Å²) in [5.41, 5.74) is 2.43. The Hall–Kier alpha value is -2.62. The van der Waals surface area contributed by atoms with Gasteiger partial charge in [-0.05, 0) is 69.1 Å². The minimum Gasteiger partial charge on any atom is -0.478 e. The number of ether oxygens (including phenoxy) is 1. The molecule has 4 heteroatoms. The van der Waals surface area contributed by atoms with Crippen molar-refractivity contribution in [2.45, 2.75) is 57.0 Å². The maximum atomic E-state index is 11.4. The summed E-state index contributed by atoms with van der Waals surface area (Å²) in [5, 5.41) is 9.08. The summed E-state index contributed by atoms with van der Waals surface area (Å²) >= 11 is 0. The maximum absolute atomic E-state index is 11.4. The average molecular weight is 421 g/mol. The van der Waals surface area contributed by atoms with Crippen molar-refractivity contribution in [2.24, 2.45) is 23.7 Å². The smallest absolute Gasteiger partial charge is 0.331 e. The molecule has 0 aromatic carbocycles. The fourth-order valence-electron chi connectivity index (χ4n) is 6.58. The SMILES string of the molecule is C=C(C(=O)O)C(C1=CC=CC1)C1=CC=CC1.C=CC(=O)OC12CC3CC(CC(C3)C1)C2. The summed E-state index contributed by atoms with van der Waals surface area (Å²) in [6, 6.07) is 0. The van der Waals surface area contributed by atoms with Crippen LogP contribution < -0.4 is 0 Å². The van der Waals surface area contributed by atoms with Crippen molar-refractivity contribution in [3.8, 4) is 0 Å². The molecule has 0 heterocycles. The molecule has 0 unspecified atom stereocenters. The van der Waals surface area contributed by atoms with E-state index in [4.69, 9.17) is 9.84 Å². The number of hydrogen-bond donors (Lipinski definition) is 1. The van der Waals surface area contributed by atoms with Gasteiger partial charge in [0.2, 0.25) is 0 Å². The molecule has 0 amide bonds. The second kappa shape index (κ2) is 8.86. The molecule has 4 fully saturated rings. The first-order valence-electron chi connectivity index (χ1n) is 11.4. The molecular formula is C27H32O4. The first-order chi connectivity index (χ1) is 14.9. The zero-order valence-electron chi connectivity index (χ0n) is 18.1. The van der Waals surface area contributed by atoms with Gasteiger partial charge in [0.15, 0.2) is 0 Å². The highest BCUT2D eigenvalue weighted by molar-refractivity contribution is 5.88. The van der Waals surface area contributed by atoms with E-state index in [0.29, 0.717) is 0 Å². The number of carboxylic acid groups (broad SMARTS) is 1. The number of aliphatic carboxylic acids is 1. The van der Waals surface area contributed by atoms with E-state index in [1.54, 1.807) is 0 Å². The minimum absolute atomic E-state index is 0.0972. The molecule has 1 N–H and O–H groups in total. The summed E-state index contributed by atoms with van der Waals surface area (Å²) in [5.74, 6) is 1.21. The van der Waals surface area contributed by atoms with E-state index in [1.165, 1.54) is 25.3 Å². The molecule has 0 aromatic heterocycles. The molecule has 4 saturated carbocycles. The molecule has 6 aliphatic rings. The standard InChI is InChI=1S/C14H14O2.C13H18O2/c1-10(14(15)16)13(11-6-2-3-7-11)12-8-4-5-9-12;1-2-12(14)15-13-6-9-3-10(7-13)5-11(4-9)8-13/h2-6,8,13H,1,7,9H2,(H,15,16);2,9-11H,1,3-8H2. The lowest BCUT2D eigenvalue weighted by Gasteiger charge is -2.55. The Balaban J connectivity index is 0.000000149. The van der Waals surface area contributed by atoms with Gasteiger partial charge in [0.05, 0.1) is 0 Å². The summed E-state index contributed by atoms with van der Waals surface area (Å²) in [6.07, 6.45) is 22.5. The highest BCUT2D eigenvalue weighted by Crippen LogP contribution is 2.57. The Morgan fingerprint density at radius 2 is 1.48 bits per heavy atom. The van der Waals surface area contributed by atoms with Crippen LogP contribution in [0.3, 0.4) is 0 Å². The van der Waals surface area contributed by atoms with Gasteiger partial charge >= 0.3 is 11.9 Å². The molecule has 0 spiro atoms. The summed E-state index contributed by atoms with van der Waals surface area (Å²) in [7, 11) is 0. The second-order valence-electron chi connectivity index (χ2n) is 9.74. The minimum atomic E-state index is -0.911. The average Bonchev–Trinajstić information content (AvgIpc) is 3.42. The van der Waals surface area contributed by atoms with E-state index in [0.717, 1.165) is 61.0 Å². The van der Waals surface area contributed by atoms with E-state index >= 15 is 0 Å². The molecule has 31 heavy (non-hydrogen) atoms. The van der Waals surface area contributed by atoms with Gasteiger partial charge in [-0.2, -0.15) is 0 Å². The second-order valence-corrected chi connectivity index (χ2v) is 9.74. The van der Waals surface area contributed by atoms with Crippen LogP contribution in [0.4, 0.5) is 0 Å². The zero-order chi connectivity index (χ0) is 22.0. The van der Waals surface area contributed by atoms with Gasteiger partial charge in [0, 0.05) is 17.6 Å². The van der Waals surface area contributed by atoms with Crippen molar-refractivity contribution in [1.29, 1.82) is 0 Å². The van der Waals surface area contributed by atoms with Gasteiger partial charge in [-0.25, -0.2) is 9.59 Å². The molecule has 0 aromatic rings. The van der Waals surface area contributed by atoms with E-state index in [1.807, 2.05) is 36.5 Å². The van der Waals surface area contributed by atoms with Crippen LogP contribution in [0.25, 0.3) is 0 Å². The molecular weight excluding hydrogens is 388 g/mol. The first-order valence-corrected chi connectivity index (χ1v) is 11.4. The number of allylic oxidation sites excluding steroid dienone is 8. The molecule has 4 nitrogen and oxygen atoms in total. The monoisotopic (exact) mass is 420 g/mol. The quantitative estimate of drug-likeness (QED) is 0.442. The number of rotatable bonds is 6. The highest BCUT2D eigenvalue weighted by Gasteiger charge is 2.53. The predicted octanol–water partition coefficient (Wildman–Crippen LogP) is 5.70. The van der Waals surface area contributed by atoms with E-state index in [2.05, 4.69) is 13.2 Å². The van der Waals surface area contributed by atoms with E-state index < -0.39 is 5.97 Å². The molecule has 0 atom stereocenters. The van der Waals surface area contributed by atoms with Crippen molar-refractivity contribution < 1.29 is 19.4 Å². The van der Waals surface area contributed by atoms with Gasteiger partial charge in [0.1, 0.15) is 5.60 Å². The number of carbonyl (C=O) groups is 2. The third-order valence-corrected chi connectivity index (χ3v) is 7.43. The topological polar surface area (TPSA) is 63.6 Å². The predicted molar refractivity (Wildman–Crippen MR) is 121 cm³/mol. The molecule has 4 bridgehead atoms. The number of carbonyl (C=O) groups excluding carboxylic acids is 1. The highest BCUT2D eigenvalue weighted by atomic mass is 16.6. The molecule has 6 rings (SSSR count). The third-order valence-electron chi connectivity index (χ3n) is 7.43. The lowest BCUT2D eigenvalue weighted by atomic mass is 9.54. The molecule has 164 valence electrons. The van der Waals surface area contributed by atoms with Gasteiger partial charge in [-0.3, -0.25) is 0 Å². The van der Waals surface area contributed by atoms with E-state index in [9.17, 15) is 9.59 Å². The molecule has 0 radical (unpaired) electrons. The Morgan fingerprint density at radius 3 is 1.84 bits per heavy atom. The molecule has 0 saturated heterocycles. The van der Waals surface area contributed by atoms with Crippen molar-refractivity contribution in [3.63, 3.8) is 0 Å². The van der Waals surface area contributed by atoms with Crippen molar-refractivity contribution >= 4 is 11.9 Å². The van der Waals surface area contributed by atoms with Gasteiger partial charge in [-0.1, -0.05) is 60.8 Å². The first kappa shape index (κ1) is 21.6. The molecule has 0 aliphatic heterocycles. The van der Waals surface area contributed by atoms with Crippen LogP contribution in [0, 0.1) is 23.7 Å². The maximum Gasteiger partial charge on any atom is 0.331 e. The number of hydrogen-bond acceptors (Lipinski definition) is 3. The van der Waals surface area contributed by atoms with E-state index in [-0.39, 0.29) is 23.1 Å². The van der Waals surface area contributed by atoms with Gasteiger partial charge in [0.25, 0.3) is 0 Å². The fourth-order valence-corrected chi connectivity index (χ4v) is 6.58. The fraction of sp³-hybridized carbons (Fsp3) is 0.481. The third kappa shape index (κ3) is 4.68. The van der Waals surface area contributed by atoms with Crippen LogP contribution in [0.15, 0.2) is 72.4 Å². The lowest BCUT2D eigenvalue weighted by Crippen LogP contribution is -2.52. The Morgan fingerprint density at radius 1 is 1.00 bits per heavy atom. The number of carboxylic acids is 1. The van der Waals surface area contributed by atoms with Crippen LogP contribution in [-0.2, 0) is 14.3 Å². The Kier molecular flexibility index (Phi) is 6.17. The van der Waals surface area contributed by atoms with Crippen LogP contribution in [0.2, 0.25) is 0 Å². The normalized spacial score (nSPS) is 31.7. The number of esters is 1. The van der Waals surface area contributed by atoms with Crippen molar-refractivity contribution in [1.82, 2.24) is 0 Å².